The van der Waals surface area contributed by atoms with Crippen LogP contribution in [0.4, 0.5) is 5.69 Å². The molecule has 1 fully saturated rings. The molecule has 1 aliphatic heterocycles. The van der Waals surface area contributed by atoms with Gasteiger partial charge in [0.05, 0.1) is 6.54 Å². The number of benzene rings is 2. The van der Waals surface area contributed by atoms with Crippen LogP contribution >= 0.6 is 0 Å². The first-order valence-electron chi connectivity index (χ1n) is 11.2. The van der Waals surface area contributed by atoms with Gasteiger partial charge in [0.1, 0.15) is 0 Å². The highest BCUT2D eigenvalue weighted by Crippen LogP contribution is 2.21. The molecule has 2 amide bonds. The zero-order valence-electron chi connectivity index (χ0n) is 19.2. The number of amides is 2. The fraction of sp³-hybridized carbons (Fsp3) is 0.400. The smallest absolute Gasteiger partial charge is 0.253 e. The molecule has 0 spiro atoms. The molecule has 2 aromatic rings. The Bertz CT molecular complexity index is 936. The van der Waals surface area contributed by atoms with Crippen molar-refractivity contribution in [2.24, 2.45) is 4.99 Å². The van der Waals surface area contributed by atoms with E-state index in [2.05, 4.69) is 15.6 Å². The summed E-state index contributed by atoms with van der Waals surface area (Å²) in [5, 5.41) is 6.60. The first-order valence-corrected chi connectivity index (χ1v) is 11.2. The highest BCUT2D eigenvalue weighted by Gasteiger charge is 2.19. The lowest BCUT2D eigenvalue weighted by atomic mass is 10.1. The Hall–Kier alpha value is -3.35. The van der Waals surface area contributed by atoms with Crippen molar-refractivity contribution >= 4 is 23.5 Å². The number of hydrogen-bond acceptors (Lipinski definition) is 3. The summed E-state index contributed by atoms with van der Waals surface area (Å²) in [7, 11) is 3.50. The normalized spacial score (nSPS) is 14.3. The molecule has 0 radical (unpaired) electrons. The van der Waals surface area contributed by atoms with E-state index < -0.39 is 0 Å². The Morgan fingerprint density at radius 2 is 1.69 bits per heavy atom. The molecule has 3 rings (SSSR count). The summed E-state index contributed by atoms with van der Waals surface area (Å²) in [4.78, 5) is 32.2. The van der Waals surface area contributed by atoms with Crippen molar-refractivity contribution in [1.29, 1.82) is 0 Å². The monoisotopic (exact) mass is 435 g/mol. The van der Waals surface area contributed by atoms with E-state index >= 15 is 0 Å². The van der Waals surface area contributed by atoms with Crippen LogP contribution in [0.2, 0.25) is 0 Å². The topological polar surface area (TPSA) is 77.0 Å². The van der Waals surface area contributed by atoms with Crippen LogP contribution in [0.15, 0.2) is 53.5 Å². The zero-order chi connectivity index (χ0) is 22.9. The predicted molar refractivity (Wildman–Crippen MR) is 129 cm³/mol. The van der Waals surface area contributed by atoms with Gasteiger partial charge in [-0.1, -0.05) is 24.3 Å². The van der Waals surface area contributed by atoms with Gasteiger partial charge in [-0.2, -0.15) is 0 Å². The molecule has 0 aromatic heterocycles. The van der Waals surface area contributed by atoms with Gasteiger partial charge in [-0.05, 0) is 55.2 Å². The van der Waals surface area contributed by atoms with Crippen molar-refractivity contribution in [3.63, 3.8) is 0 Å². The molecule has 1 heterocycles. The average Bonchev–Trinajstić information content (AvgIpc) is 2.81. The standard InChI is InChI=1S/C25H33N5O2/c1-4-26-25(27-17-19-8-12-21(13-9-19)24(32)29(2)3)28-18-20-10-14-22(15-11-20)30-16-6-5-7-23(30)31/h8-15H,4-7,16-18H2,1-3H3,(H2,26,27,28). The second-order valence-electron chi connectivity index (χ2n) is 8.11. The molecular weight excluding hydrogens is 402 g/mol. The minimum Gasteiger partial charge on any atom is -0.357 e. The lowest BCUT2D eigenvalue weighted by molar-refractivity contribution is -0.119. The van der Waals surface area contributed by atoms with E-state index in [1.54, 1.807) is 19.0 Å². The van der Waals surface area contributed by atoms with E-state index in [-0.39, 0.29) is 11.8 Å². The summed E-state index contributed by atoms with van der Waals surface area (Å²) < 4.78 is 0. The summed E-state index contributed by atoms with van der Waals surface area (Å²) in [6.45, 7) is 4.74. The number of nitrogens with zero attached hydrogens (tertiary/aromatic N) is 3. The molecule has 7 heteroatoms. The highest BCUT2D eigenvalue weighted by atomic mass is 16.2. The van der Waals surface area contributed by atoms with Crippen molar-refractivity contribution in [3.05, 3.63) is 65.2 Å². The van der Waals surface area contributed by atoms with Crippen molar-refractivity contribution < 1.29 is 9.59 Å². The van der Waals surface area contributed by atoms with E-state index in [1.807, 2.05) is 60.4 Å². The minimum atomic E-state index is -0.00455. The van der Waals surface area contributed by atoms with Crippen LogP contribution < -0.4 is 15.5 Å². The van der Waals surface area contributed by atoms with E-state index in [0.29, 0.717) is 25.1 Å². The van der Waals surface area contributed by atoms with Crippen molar-refractivity contribution in [3.8, 4) is 0 Å². The van der Waals surface area contributed by atoms with Crippen LogP contribution in [0, 0.1) is 0 Å². The SMILES string of the molecule is CCNC(=NCc1ccc(N2CCCCC2=O)cc1)NCc1ccc(C(=O)N(C)C)cc1. The minimum absolute atomic E-state index is 0.00455. The van der Waals surface area contributed by atoms with Crippen molar-refractivity contribution in [2.45, 2.75) is 39.3 Å². The Morgan fingerprint density at radius 3 is 2.31 bits per heavy atom. The van der Waals surface area contributed by atoms with E-state index in [0.717, 1.165) is 48.7 Å². The summed E-state index contributed by atoms with van der Waals surface area (Å²) in [6.07, 6.45) is 2.68. The fourth-order valence-corrected chi connectivity index (χ4v) is 3.58. The second-order valence-corrected chi connectivity index (χ2v) is 8.11. The van der Waals surface area contributed by atoms with Crippen LogP contribution in [-0.4, -0.2) is 49.9 Å². The van der Waals surface area contributed by atoms with Crippen molar-refractivity contribution in [2.75, 3.05) is 32.1 Å². The number of nitrogens with one attached hydrogen (secondary N) is 2. The lowest BCUT2D eigenvalue weighted by Gasteiger charge is -2.26. The Morgan fingerprint density at radius 1 is 1.00 bits per heavy atom. The number of carbonyl (C=O) groups is 2. The zero-order valence-corrected chi connectivity index (χ0v) is 19.2. The van der Waals surface area contributed by atoms with Crippen LogP contribution in [0.5, 0.6) is 0 Å². The lowest BCUT2D eigenvalue weighted by Crippen LogP contribution is -2.36. The van der Waals surface area contributed by atoms with Crippen LogP contribution in [0.3, 0.4) is 0 Å². The molecule has 1 aliphatic rings. The van der Waals surface area contributed by atoms with E-state index in [4.69, 9.17) is 0 Å². The molecule has 0 unspecified atom stereocenters. The molecule has 0 saturated carbocycles. The number of piperidine rings is 1. The number of aliphatic imine (C=N–C) groups is 1. The average molecular weight is 436 g/mol. The first-order chi connectivity index (χ1) is 15.5. The number of anilines is 1. The van der Waals surface area contributed by atoms with Crippen molar-refractivity contribution in [1.82, 2.24) is 15.5 Å². The first kappa shape index (κ1) is 23.3. The second kappa shape index (κ2) is 11.3. The van der Waals surface area contributed by atoms with Gasteiger partial charge in [0, 0.05) is 51.4 Å². The van der Waals surface area contributed by atoms with Gasteiger partial charge in [0.15, 0.2) is 5.96 Å². The third kappa shape index (κ3) is 6.33. The summed E-state index contributed by atoms with van der Waals surface area (Å²) >= 11 is 0. The quantitative estimate of drug-likeness (QED) is 0.517. The number of rotatable bonds is 7. The van der Waals surface area contributed by atoms with Gasteiger partial charge in [0.25, 0.3) is 5.91 Å². The van der Waals surface area contributed by atoms with Gasteiger partial charge in [-0.15, -0.1) is 0 Å². The van der Waals surface area contributed by atoms with E-state index in [9.17, 15) is 9.59 Å². The molecular formula is C25H33N5O2. The Balaban J connectivity index is 1.57. The van der Waals surface area contributed by atoms with Gasteiger partial charge in [-0.25, -0.2) is 4.99 Å². The molecule has 1 saturated heterocycles. The largest absolute Gasteiger partial charge is 0.357 e. The number of carbonyl (C=O) groups excluding carboxylic acids is 2. The Kier molecular flexibility index (Phi) is 8.25. The van der Waals surface area contributed by atoms with Crippen LogP contribution in [-0.2, 0) is 17.9 Å². The van der Waals surface area contributed by atoms with Gasteiger partial charge >= 0.3 is 0 Å². The molecule has 32 heavy (non-hydrogen) atoms. The molecule has 0 bridgehead atoms. The van der Waals surface area contributed by atoms with Gasteiger partial charge in [-0.3, -0.25) is 9.59 Å². The molecule has 170 valence electrons. The molecule has 7 nitrogen and oxygen atoms in total. The molecule has 2 aromatic carbocycles. The number of guanidine groups is 1. The van der Waals surface area contributed by atoms with Gasteiger partial charge in [0.2, 0.25) is 5.91 Å². The van der Waals surface area contributed by atoms with E-state index in [1.165, 1.54) is 0 Å². The maximum absolute atomic E-state index is 12.1. The molecule has 0 aliphatic carbocycles. The predicted octanol–water partition coefficient (Wildman–Crippen LogP) is 3.16. The Labute approximate surface area is 190 Å². The third-order valence-electron chi connectivity index (χ3n) is 5.40. The van der Waals surface area contributed by atoms with Crippen LogP contribution in [0.25, 0.3) is 0 Å². The summed E-state index contributed by atoms with van der Waals surface area (Å²) in [6, 6.07) is 15.7. The maximum atomic E-state index is 12.1. The fourth-order valence-electron chi connectivity index (χ4n) is 3.58. The summed E-state index contributed by atoms with van der Waals surface area (Å²) in [5.74, 6) is 0.936. The maximum Gasteiger partial charge on any atom is 0.253 e. The number of hydrogen-bond donors (Lipinski definition) is 2. The highest BCUT2D eigenvalue weighted by molar-refractivity contribution is 5.94. The van der Waals surface area contributed by atoms with Gasteiger partial charge < -0.3 is 20.4 Å². The summed E-state index contributed by atoms with van der Waals surface area (Å²) in [5.41, 5.74) is 3.79. The molecule has 0 atom stereocenters. The van der Waals surface area contributed by atoms with Crippen LogP contribution in [0.1, 0.15) is 47.7 Å². The third-order valence-corrected chi connectivity index (χ3v) is 5.40. The molecule has 2 N–H and O–H groups in total.